The summed E-state index contributed by atoms with van der Waals surface area (Å²) in [6, 6.07) is 8.49. The molecule has 0 spiro atoms. The monoisotopic (exact) mass is 500 g/mol. The van der Waals surface area contributed by atoms with Crippen LogP contribution >= 0.6 is 0 Å². The first-order chi connectivity index (χ1) is 17.4. The summed E-state index contributed by atoms with van der Waals surface area (Å²) < 4.78 is 11.1. The van der Waals surface area contributed by atoms with Crippen LogP contribution in [0.1, 0.15) is 63.0 Å². The Labute approximate surface area is 214 Å². The van der Waals surface area contributed by atoms with Crippen molar-refractivity contribution in [3.63, 3.8) is 0 Å². The Kier molecular flexibility index (Phi) is 12.4. The zero-order valence-electron chi connectivity index (χ0n) is 21.2. The van der Waals surface area contributed by atoms with Crippen LogP contribution in [0.2, 0.25) is 0 Å². The molecule has 0 unspecified atom stereocenters. The van der Waals surface area contributed by atoms with E-state index in [1.807, 2.05) is 30.3 Å². The number of esters is 1. The third kappa shape index (κ3) is 8.91. The second-order valence-electron chi connectivity index (χ2n) is 9.34. The van der Waals surface area contributed by atoms with Crippen LogP contribution in [-0.2, 0) is 23.9 Å². The smallest absolute Gasteiger partial charge is 0.306 e. The summed E-state index contributed by atoms with van der Waals surface area (Å²) in [5, 5.41) is 15.7. The van der Waals surface area contributed by atoms with E-state index in [9.17, 15) is 19.5 Å². The van der Waals surface area contributed by atoms with Crippen molar-refractivity contribution in [3.05, 3.63) is 61.2 Å². The van der Waals surface area contributed by atoms with Gasteiger partial charge in [0.25, 0.3) is 0 Å². The van der Waals surface area contributed by atoms with E-state index in [-0.39, 0.29) is 37.9 Å². The zero-order valence-corrected chi connectivity index (χ0v) is 21.2. The number of methoxy groups -OCH3 is 1. The summed E-state index contributed by atoms with van der Waals surface area (Å²) in [7, 11) is 1.51. The van der Waals surface area contributed by atoms with E-state index in [2.05, 4.69) is 23.8 Å². The highest BCUT2D eigenvalue weighted by molar-refractivity contribution is 5.86. The molecular formula is C28H40N2O6. The molecule has 3 N–H and O–H groups in total. The largest absolute Gasteiger partial charge is 0.455 e. The van der Waals surface area contributed by atoms with Crippen molar-refractivity contribution in [1.82, 2.24) is 10.6 Å². The van der Waals surface area contributed by atoms with Crippen LogP contribution in [0.25, 0.3) is 0 Å². The number of hydrogen-bond acceptors (Lipinski definition) is 6. The Morgan fingerprint density at radius 1 is 1.14 bits per heavy atom. The Morgan fingerprint density at radius 2 is 1.83 bits per heavy atom. The molecule has 0 saturated heterocycles. The van der Waals surface area contributed by atoms with E-state index in [1.165, 1.54) is 7.11 Å². The molecule has 0 aromatic heterocycles. The number of ether oxygens (including phenoxy) is 2. The maximum Gasteiger partial charge on any atom is 0.306 e. The van der Waals surface area contributed by atoms with Crippen LogP contribution in [0, 0.1) is 5.92 Å². The highest BCUT2D eigenvalue weighted by Gasteiger charge is 2.36. The standard InChI is InChI=1S/C28H40N2O6/c1-4-6-15-25(33)36-26(21-13-8-7-9-14-21)23(19-35-3)29-27(34)22(12-5-2)18-24(32)30-28(20-31)16-10-11-17-28/h4-5,7-9,13-14,22-23,26,31H,1-2,6,10-12,15-20H2,3H3,(H,29,34)(H,30,32)/t22-,23+,26+/m1/s1. The van der Waals surface area contributed by atoms with Crippen molar-refractivity contribution in [1.29, 1.82) is 0 Å². The first-order valence-electron chi connectivity index (χ1n) is 12.6. The van der Waals surface area contributed by atoms with E-state index < -0.39 is 29.6 Å². The van der Waals surface area contributed by atoms with Gasteiger partial charge in [0.2, 0.25) is 11.8 Å². The molecule has 1 saturated carbocycles. The summed E-state index contributed by atoms with van der Waals surface area (Å²) in [6.45, 7) is 7.35. The number of rotatable bonds is 16. The predicted octanol–water partition coefficient (Wildman–Crippen LogP) is 3.37. The third-order valence-electron chi connectivity index (χ3n) is 6.50. The van der Waals surface area contributed by atoms with E-state index in [4.69, 9.17) is 9.47 Å². The van der Waals surface area contributed by atoms with Gasteiger partial charge in [-0.25, -0.2) is 0 Å². The highest BCUT2D eigenvalue weighted by Crippen LogP contribution is 2.29. The van der Waals surface area contributed by atoms with E-state index in [0.717, 1.165) is 31.2 Å². The molecule has 8 heteroatoms. The highest BCUT2D eigenvalue weighted by atomic mass is 16.5. The number of carbonyl (C=O) groups is 3. The maximum absolute atomic E-state index is 13.3. The predicted molar refractivity (Wildman–Crippen MR) is 138 cm³/mol. The zero-order chi connectivity index (χ0) is 26.4. The maximum atomic E-state index is 13.3. The Morgan fingerprint density at radius 3 is 2.42 bits per heavy atom. The van der Waals surface area contributed by atoms with Crippen LogP contribution < -0.4 is 10.6 Å². The van der Waals surface area contributed by atoms with Gasteiger partial charge in [0.15, 0.2) is 0 Å². The quantitative estimate of drug-likeness (QED) is 0.237. The lowest BCUT2D eigenvalue weighted by molar-refractivity contribution is -0.153. The second kappa shape index (κ2) is 15.2. The Balaban J connectivity index is 2.17. The minimum Gasteiger partial charge on any atom is -0.455 e. The average Bonchev–Trinajstić information content (AvgIpc) is 3.34. The minimum atomic E-state index is -0.776. The lowest BCUT2D eigenvalue weighted by Gasteiger charge is -2.30. The lowest BCUT2D eigenvalue weighted by Crippen LogP contribution is -2.51. The molecule has 1 aliphatic rings. The van der Waals surface area contributed by atoms with Gasteiger partial charge in [-0.3, -0.25) is 14.4 Å². The molecule has 0 radical (unpaired) electrons. The summed E-state index contributed by atoms with van der Waals surface area (Å²) >= 11 is 0. The molecular weight excluding hydrogens is 460 g/mol. The van der Waals surface area contributed by atoms with Gasteiger partial charge >= 0.3 is 5.97 Å². The van der Waals surface area contributed by atoms with Crippen molar-refractivity contribution >= 4 is 17.8 Å². The summed E-state index contributed by atoms with van der Waals surface area (Å²) in [5.41, 5.74) is 0.110. The average molecular weight is 501 g/mol. The van der Waals surface area contributed by atoms with Crippen molar-refractivity contribution < 1.29 is 29.0 Å². The van der Waals surface area contributed by atoms with Gasteiger partial charge in [0.05, 0.1) is 30.7 Å². The molecule has 1 fully saturated rings. The molecule has 3 atom stereocenters. The van der Waals surface area contributed by atoms with Crippen molar-refractivity contribution in [2.24, 2.45) is 5.92 Å². The minimum absolute atomic E-state index is 0.0472. The van der Waals surface area contributed by atoms with E-state index >= 15 is 0 Å². The fourth-order valence-corrected chi connectivity index (χ4v) is 4.56. The number of benzene rings is 1. The number of aliphatic hydroxyl groups is 1. The second-order valence-corrected chi connectivity index (χ2v) is 9.34. The fraction of sp³-hybridized carbons (Fsp3) is 0.536. The lowest BCUT2D eigenvalue weighted by atomic mass is 9.95. The fourth-order valence-electron chi connectivity index (χ4n) is 4.56. The number of nitrogens with one attached hydrogen (secondary N) is 2. The van der Waals surface area contributed by atoms with Crippen molar-refractivity contribution in [2.75, 3.05) is 20.3 Å². The topological polar surface area (TPSA) is 114 Å². The molecule has 2 amide bonds. The van der Waals surface area contributed by atoms with Gasteiger partial charge in [-0.05, 0) is 31.2 Å². The normalized spacial score (nSPS) is 16.8. The summed E-state index contributed by atoms with van der Waals surface area (Å²) in [5.74, 6) is -1.73. The molecule has 0 heterocycles. The molecule has 2 rings (SSSR count). The van der Waals surface area contributed by atoms with Crippen LogP contribution in [0.3, 0.4) is 0 Å². The van der Waals surface area contributed by atoms with Crippen molar-refractivity contribution in [2.45, 2.75) is 69.1 Å². The SMILES string of the molecule is C=CCCC(=O)O[C@@H](c1ccccc1)[C@H](COC)NC(=O)[C@H](CC=C)CC(=O)NC1(CO)CCCC1. The number of amides is 2. The first-order valence-corrected chi connectivity index (χ1v) is 12.6. The van der Waals surface area contributed by atoms with Gasteiger partial charge in [0, 0.05) is 20.0 Å². The molecule has 0 bridgehead atoms. The molecule has 36 heavy (non-hydrogen) atoms. The first kappa shape index (κ1) is 29.3. The Hall–Kier alpha value is -2.97. The summed E-state index contributed by atoms with van der Waals surface area (Å²) in [4.78, 5) is 38.6. The number of carbonyl (C=O) groups excluding carboxylic acids is 3. The van der Waals surface area contributed by atoms with Crippen LogP contribution in [0.4, 0.5) is 0 Å². The van der Waals surface area contributed by atoms with Gasteiger partial charge in [0.1, 0.15) is 6.10 Å². The van der Waals surface area contributed by atoms with Crippen LogP contribution in [-0.4, -0.2) is 54.8 Å². The molecule has 198 valence electrons. The molecule has 1 aromatic rings. The molecule has 8 nitrogen and oxygen atoms in total. The van der Waals surface area contributed by atoms with Gasteiger partial charge in [-0.15, -0.1) is 13.2 Å². The molecule has 0 aliphatic heterocycles. The number of allylic oxidation sites excluding steroid dienone is 2. The van der Waals surface area contributed by atoms with Gasteiger partial charge in [-0.2, -0.15) is 0 Å². The van der Waals surface area contributed by atoms with E-state index in [0.29, 0.717) is 12.8 Å². The molecule has 1 aliphatic carbocycles. The van der Waals surface area contributed by atoms with Gasteiger partial charge < -0.3 is 25.2 Å². The number of aliphatic hydroxyl groups excluding tert-OH is 1. The van der Waals surface area contributed by atoms with Crippen molar-refractivity contribution in [3.8, 4) is 0 Å². The van der Waals surface area contributed by atoms with Crippen LogP contribution in [0.15, 0.2) is 55.6 Å². The molecule has 1 aromatic carbocycles. The number of hydrogen-bond donors (Lipinski definition) is 3. The summed E-state index contributed by atoms with van der Waals surface area (Å²) in [6.07, 6.45) is 6.70. The van der Waals surface area contributed by atoms with E-state index in [1.54, 1.807) is 12.2 Å². The van der Waals surface area contributed by atoms with Gasteiger partial charge in [-0.1, -0.05) is 55.3 Å². The van der Waals surface area contributed by atoms with Crippen LogP contribution in [0.5, 0.6) is 0 Å². The Bertz CT molecular complexity index is 866. The third-order valence-corrected chi connectivity index (χ3v) is 6.50.